The Morgan fingerprint density at radius 1 is 1.32 bits per heavy atom. The van der Waals surface area contributed by atoms with Gasteiger partial charge in [-0.25, -0.2) is 0 Å². The molecule has 0 spiro atoms. The second kappa shape index (κ2) is 7.98. The van der Waals surface area contributed by atoms with E-state index in [4.69, 9.17) is 10.5 Å². The smallest absolute Gasteiger partial charge is 0.240 e. The number of halogens is 1. The van der Waals surface area contributed by atoms with Gasteiger partial charge in [0.15, 0.2) is 0 Å². The van der Waals surface area contributed by atoms with Crippen molar-refractivity contribution < 1.29 is 9.53 Å². The first-order valence-electron chi connectivity index (χ1n) is 8.23. The molecule has 22 heavy (non-hydrogen) atoms. The highest BCUT2D eigenvalue weighted by molar-refractivity contribution is 5.88. The van der Waals surface area contributed by atoms with Gasteiger partial charge in [-0.1, -0.05) is 41.0 Å². The van der Waals surface area contributed by atoms with Crippen LogP contribution in [0, 0.1) is 10.8 Å². The first-order valence-corrected chi connectivity index (χ1v) is 8.23. The fourth-order valence-electron chi connectivity index (χ4n) is 2.96. The van der Waals surface area contributed by atoms with Gasteiger partial charge < -0.3 is 15.8 Å². The van der Waals surface area contributed by atoms with Gasteiger partial charge in [0.05, 0.1) is 6.10 Å². The van der Waals surface area contributed by atoms with Crippen LogP contribution >= 0.6 is 12.4 Å². The minimum absolute atomic E-state index is 0. The van der Waals surface area contributed by atoms with Crippen molar-refractivity contribution in [2.24, 2.45) is 16.6 Å². The number of hydrogen-bond donors (Lipinski definition) is 2. The van der Waals surface area contributed by atoms with Gasteiger partial charge in [0, 0.05) is 25.0 Å². The topological polar surface area (TPSA) is 64.3 Å². The van der Waals surface area contributed by atoms with Crippen molar-refractivity contribution >= 4 is 18.3 Å². The van der Waals surface area contributed by atoms with Gasteiger partial charge in [-0.2, -0.15) is 0 Å². The van der Waals surface area contributed by atoms with Crippen LogP contribution in [0.3, 0.4) is 0 Å². The number of hydrogen-bond acceptors (Lipinski definition) is 3. The van der Waals surface area contributed by atoms with Gasteiger partial charge in [0.25, 0.3) is 0 Å². The van der Waals surface area contributed by atoms with E-state index in [2.05, 4.69) is 26.1 Å². The summed E-state index contributed by atoms with van der Waals surface area (Å²) in [4.78, 5) is 12.4. The van der Waals surface area contributed by atoms with Crippen LogP contribution in [0.1, 0.15) is 67.2 Å². The van der Waals surface area contributed by atoms with E-state index < -0.39 is 5.54 Å². The van der Waals surface area contributed by atoms with Gasteiger partial charge in [-0.3, -0.25) is 4.79 Å². The quantitative estimate of drug-likeness (QED) is 0.702. The Labute approximate surface area is 142 Å². The molecular weight excluding hydrogens is 300 g/mol. The number of nitrogens with one attached hydrogen (secondary N) is 1. The Balaban J connectivity index is 0.00000441. The maximum atomic E-state index is 12.4. The Bertz CT molecular complexity index is 366. The Morgan fingerprint density at radius 3 is 2.36 bits per heavy atom. The molecule has 3 N–H and O–H groups in total. The lowest BCUT2D eigenvalue weighted by molar-refractivity contribution is -0.170. The molecule has 1 rings (SSSR count). The van der Waals surface area contributed by atoms with Crippen LogP contribution in [0.25, 0.3) is 0 Å². The van der Waals surface area contributed by atoms with Gasteiger partial charge >= 0.3 is 0 Å². The van der Waals surface area contributed by atoms with E-state index in [-0.39, 0.29) is 29.8 Å². The number of carbonyl (C=O) groups is 1. The monoisotopic (exact) mass is 334 g/mol. The van der Waals surface area contributed by atoms with Gasteiger partial charge in [-0.15, -0.1) is 12.4 Å². The molecule has 132 valence electrons. The molecule has 1 aliphatic carbocycles. The molecule has 1 amide bonds. The van der Waals surface area contributed by atoms with Crippen LogP contribution in [-0.2, 0) is 9.53 Å². The van der Waals surface area contributed by atoms with E-state index >= 15 is 0 Å². The molecule has 4 nitrogen and oxygen atoms in total. The molecule has 2 atom stereocenters. The van der Waals surface area contributed by atoms with Crippen LogP contribution in [0.4, 0.5) is 0 Å². The summed E-state index contributed by atoms with van der Waals surface area (Å²) in [6, 6.07) is 0. The van der Waals surface area contributed by atoms with Crippen molar-refractivity contribution in [3.05, 3.63) is 0 Å². The highest BCUT2D eigenvalue weighted by atomic mass is 35.5. The lowest BCUT2D eigenvalue weighted by Crippen LogP contribution is -2.75. The van der Waals surface area contributed by atoms with Gasteiger partial charge in [0.2, 0.25) is 5.91 Å². The summed E-state index contributed by atoms with van der Waals surface area (Å²) >= 11 is 0. The molecule has 1 saturated carbocycles. The normalized spacial score (nSPS) is 26.8. The average molecular weight is 335 g/mol. The summed E-state index contributed by atoms with van der Waals surface area (Å²) in [5, 5.41) is 3.01. The Kier molecular flexibility index (Phi) is 7.86. The van der Waals surface area contributed by atoms with E-state index in [0.29, 0.717) is 25.0 Å². The largest absolute Gasteiger partial charge is 0.378 e. The molecule has 0 aromatic heterocycles. The first kappa shape index (κ1) is 21.7. The van der Waals surface area contributed by atoms with Crippen LogP contribution in [-0.4, -0.2) is 30.7 Å². The van der Waals surface area contributed by atoms with Crippen molar-refractivity contribution in [2.75, 3.05) is 13.2 Å². The van der Waals surface area contributed by atoms with Crippen LogP contribution in [0.5, 0.6) is 0 Å². The minimum Gasteiger partial charge on any atom is -0.378 e. The molecule has 1 aliphatic rings. The summed E-state index contributed by atoms with van der Waals surface area (Å²) in [7, 11) is 0. The predicted molar refractivity (Wildman–Crippen MR) is 94.3 cm³/mol. The SMILES string of the molecule is CCOC1CC(N)(C(=O)NCCCCC(C)(C)C)C1(C)C.Cl. The van der Waals surface area contributed by atoms with E-state index in [1.54, 1.807) is 0 Å². The lowest BCUT2D eigenvalue weighted by Gasteiger charge is -2.57. The minimum atomic E-state index is -0.795. The zero-order valence-corrected chi connectivity index (χ0v) is 15.9. The van der Waals surface area contributed by atoms with Crippen LogP contribution in [0.2, 0.25) is 0 Å². The van der Waals surface area contributed by atoms with E-state index in [1.807, 2.05) is 20.8 Å². The molecule has 0 bridgehead atoms. The van der Waals surface area contributed by atoms with Crippen molar-refractivity contribution in [2.45, 2.75) is 78.9 Å². The molecule has 0 radical (unpaired) electrons. The molecular formula is C17H35ClN2O2. The van der Waals surface area contributed by atoms with Crippen molar-refractivity contribution in [3.8, 4) is 0 Å². The van der Waals surface area contributed by atoms with Gasteiger partial charge in [-0.05, 0) is 25.2 Å². The van der Waals surface area contributed by atoms with E-state index in [1.165, 1.54) is 6.42 Å². The predicted octanol–water partition coefficient (Wildman–Crippen LogP) is 3.27. The summed E-state index contributed by atoms with van der Waals surface area (Å²) < 4.78 is 5.66. The molecule has 0 aromatic carbocycles. The zero-order chi connectivity index (χ0) is 16.3. The number of rotatable bonds is 7. The van der Waals surface area contributed by atoms with Crippen LogP contribution < -0.4 is 11.1 Å². The standard InChI is InChI=1S/C17H34N2O2.ClH/c1-7-21-13-12-17(18,16(13,5)6)14(20)19-11-9-8-10-15(2,3)4;/h13H,7-12,18H2,1-6H3,(H,19,20);1H. The van der Waals surface area contributed by atoms with Crippen molar-refractivity contribution in [1.82, 2.24) is 5.32 Å². The second-order valence-corrected chi connectivity index (χ2v) is 8.11. The maximum absolute atomic E-state index is 12.4. The summed E-state index contributed by atoms with van der Waals surface area (Å²) in [6.45, 7) is 14.1. The fraction of sp³-hybridized carbons (Fsp3) is 0.941. The molecule has 0 heterocycles. The molecule has 1 fully saturated rings. The van der Waals surface area contributed by atoms with Crippen molar-refractivity contribution in [3.63, 3.8) is 0 Å². The highest BCUT2D eigenvalue weighted by Gasteiger charge is 2.62. The zero-order valence-electron chi connectivity index (χ0n) is 15.1. The van der Waals surface area contributed by atoms with E-state index in [0.717, 1.165) is 12.8 Å². The number of unbranched alkanes of at least 4 members (excludes halogenated alkanes) is 1. The number of amides is 1. The number of ether oxygens (including phenoxy) is 1. The first-order chi connectivity index (χ1) is 9.54. The van der Waals surface area contributed by atoms with Gasteiger partial charge in [0.1, 0.15) is 5.54 Å². The Morgan fingerprint density at radius 2 is 1.91 bits per heavy atom. The van der Waals surface area contributed by atoms with Crippen LogP contribution in [0.15, 0.2) is 0 Å². The fourth-order valence-corrected chi connectivity index (χ4v) is 2.96. The molecule has 0 aliphatic heterocycles. The summed E-state index contributed by atoms with van der Waals surface area (Å²) in [5.41, 5.74) is 5.60. The third-order valence-corrected chi connectivity index (χ3v) is 4.87. The molecule has 0 saturated heterocycles. The maximum Gasteiger partial charge on any atom is 0.240 e. The second-order valence-electron chi connectivity index (χ2n) is 8.11. The average Bonchev–Trinajstić information content (AvgIpc) is 2.36. The summed E-state index contributed by atoms with van der Waals surface area (Å²) in [6.07, 6.45) is 4.01. The molecule has 5 heteroatoms. The summed E-state index contributed by atoms with van der Waals surface area (Å²) in [5.74, 6) is -0.0285. The van der Waals surface area contributed by atoms with Crippen molar-refractivity contribution in [1.29, 1.82) is 0 Å². The number of nitrogens with two attached hydrogens (primary N) is 1. The third-order valence-electron chi connectivity index (χ3n) is 4.87. The highest BCUT2D eigenvalue weighted by Crippen LogP contribution is 2.49. The lowest BCUT2D eigenvalue weighted by atomic mass is 9.54. The Hall–Kier alpha value is -0.320. The third kappa shape index (κ3) is 4.84. The van der Waals surface area contributed by atoms with E-state index in [9.17, 15) is 4.79 Å². The molecule has 0 aromatic rings. The number of carbonyl (C=O) groups excluding carboxylic acids is 1. The molecule has 2 unspecified atom stereocenters.